The molecular weight excluding hydrogens is 280 g/mol. The van der Waals surface area contributed by atoms with Crippen molar-refractivity contribution < 1.29 is 17.7 Å². The summed E-state index contributed by atoms with van der Waals surface area (Å²) in [7, 11) is -2.36. The highest BCUT2D eigenvalue weighted by molar-refractivity contribution is 7.92. The van der Waals surface area contributed by atoms with E-state index in [-0.39, 0.29) is 22.4 Å². The first-order valence-electron chi connectivity index (χ1n) is 6.06. The minimum atomic E-state index is -3.78. The van der Waals surface area contributed by atoms with Crippen LogP contribution in [-0.4, -0.2) is 20.7 Å². The van der Waals surface area contributed by atoms with Crippen molar-refractivity contribution in [3.63, 3.8) is 0 Å². The number of rotatable bonds is 5. The van der Waals surface area contributed by atoms with Gasteiger partial charge < -0.3 is 9.26 Å². The minimum Gasteiger partial charge on any atom is -0.495 e. The molecule has 0 saturated heterocycles. The molecule has 2 rings (SSSR count). The van der Waals surface area contributed by atoms with Crippen LogP contribution in [0, 0.1) is 0 Å². The monoisotopic (exact) mass is 296 g/mol. The van der Waals surface area contributed by atoms with Gasteiger partial charge in [0.2, 0.25) is 5.88 Å². The zero-order chi connectivity index (χ0) is 14.8. The van der Waals surface area contributed by atoms with Crippen molar-refractivity contribution in [2.24, 2.45) is 0 Å². The smallest absolute Gasteiger partial charge is 0.267 e. The van der Waals surface area contributed by atoms with Crippen molar-refractivity contribution in [3.8, 4) is 5.75 Å². The third kappa shape index (κ3) is 2.93. The second-order valence-electron chi connectivity index (χ2n) is 4.53. The zero-order valence-corrected chi connectivity index (χ0v) is 12.3. The highest BCUT2D eigenvalue weighted by Gasteiger charge is 2.21. The highest BCUT2D eigenvalue weighted by Crippen LogP contribution is 2.26. The number of anilines is 1. The van der Waals surface area contributed by atoms with Crippen LogP contribution in [0.2, 0.25) is 0 Å². The second-order valence-corrected chi connectivity index (χ2v) is 6.18. The van der Waals surface area contributed by atoms with Gasteiger partial charge in [-0.05, 0) is 18.1 Å². The van der Waals surface area contributed by atoms with Crippen LogP contribution in [0.3, 0.4) is 0 Å². The van der Waals surface area contributed by atoms with Crippen LogP contribution < -0.4 is 9.46 Å². The van der Waals surface area contributed by atoms with Gasteiger partial charge in [-0.2, -0.15) is 0 Å². The van der Waals surface area contributed by atoms with E-state index in [1.807, 2.05) is 13.8 Å². The van der Waals surface area contributed by atoms with E-state index in [1.54, 1.807) is 24.3 Å². The number of methoxy groups -OCH3 is 1. The van der Waals surface area contributed by atoms with Gasteiger partial charge in [-0.3, -0.25) is 0 Å². The summed E-state index contributed by atoms with van der Waals surface area (Å²) >= 11 is 0. The quantitative estimate of drug-likeness (QED) is 0.917. The van der Waals surface area contributed by atoms with E-state index in [2.05, 4.69) is 9.88 Å². The van der Waals surface area contributed by atoms with Crippen LogP contribution in [0.25, 0.3) is 0 Å². The maximum atomic E-state index is 12.3. The summed E-state index contributed by atoms with van der Waals surface area (Å²) in [6.45, 7) is 3.88. The lowest BCUT2D eigenvalue weighted by Gasteiger charge is -2.08. The molecule has 0 amide bonds. The Hall–Kier alpha value is -2.02. The molecule has 1 N–H and O–H groups in total. The Kier molecular flexibility index (Phi) is 3.99. The summed E-state index contributed by atoms with van der Waals surface area (Å²) in [5, 5.41) is 3.80. The molecule has 1 heterocycles. The van der Waals surface area contributed by atoms with Gasteiger partial charge in [0, 0.05) is 6.07 Å². The van der Waals surface area contributed by atoms with Crippen LogP contribution in [-0.2, 0) is 10.0 Å². The molecule has 0 unspecified atom stereocenters. The number of nitrogens with zero attached hydrogens (tertiary/aromatic N) is 1. The average molecular weight is 296 g/mol. The Balaban J connectivity index is 2.31. The van der Waals surface area contributed by atoms with Crippen LogP contribution in [0.15, 0.2) is 39.8 Å². The molecule has 108 valence electrons. The number of sulfonamides is 1. The third-order valence-electron chi connectivity index (χ3n) is 2.71. The first-order chi connectivity index (χ1) is 9.44. The largest absolute Gasteiger partial charge is 0.495 e. The predicted octanol–water partition coefficient (Wildman–Crippen LogP) is 2.61. The van der Waals surface area contributed by atoms with E-state index in [9.17, 15) is 8.42 Å². The Labute approximate surface area is 117 Å². The van der Waals surface area contributed by atoms with Crippen molar-refractivity contribution in [1.82, 2.24) is 5.16 Å². The molecule has 0 saturated carbocycles. The van der Waals surface area contributed by atoms with Crippen LogP contribution >= 0.6 is 0 Å². The molecule has 20 heavy (non-hydrogen) atoms. The van der Waals surface area contributed by atoms with Crippen molar-refractivity contribution in [3.05, 3.63) is 36.0 Å². The molecule has 1 aromatic heterocycles. The summed E-state index contributed by atoms with van der Waals surface area (Å²) in [6, 6.07) is 7.92. The molecule has 0 radical (unpaired) electrons. The van der Waals surface area contributed by atoms with Gasteiger partial charge in [0.05, 0.1) is 12.8 Å². The fourth-order valence-corrected chi connectivity index (χ4v) is 2.78. The lowest BCUT2D eigenvalue weighted by Crippen LogP contribution is -2.13. The van der Waals surface area contributed by atoms with Crippen LogP contribution in [0.5, 0.6) is 5.75 Å². The second kappa shape index (κ2) is 5.54. The number of para-hydroxylation sites is 1. The van der Waals surface area contributed by atoms with Gasteiger partial charge in [0.25, 0.3) is 10.0 Å². The normalized spacial score (nSPS) is 11.6. The first kappa shape index (κ1) is 14.4. The standard InChI is InChI=1S/C13H16N2O4S/c1-9(2)10-8-13(19-14-10)15-20(16,17)12-7-5-4-6-11(12)18-3/h4-9,15H,1-3H3. The van der Waals surface area contributed by atoms with Crippen molar-refractivity contribution in [1.29, 1.82) is 0 Å². The number of benzene rings is 1. The topological polar surface area (TPSA) is 81.4 Å². The molecule has 0 fully saturated rings. The van der Waals surface area contributed by atoms with Gasteiger partial charge in [-0.25, -0.2) is 13.1 Å². The maximum Gasteiger partial charge on any atom is 0.267 e. The molecule has 6 nitrogen and oxygen atoms in total. The van der Waals surface area contributed by atoms with Crippen molar-refractivity contribution in [2.75, 3.05) is 11.8 Å². The maximum absolute atomic E-state index is 12.3. The molecule has 0 spiro atoms. The molecule has 0 atom stereocenters. The Bertz CT molecular complexity index is 692. The molecule has 0 bridgehead atoms. The Morgan fingerprint density at radius 3 is 2.60 bits per heavy atom. The molecule has 0 aliphatic heterocycles. The number of nitrogens with one attached hydrogen (secondary N) is 1. The van der Waals surface area contributed by atoms with E-state index in [4.69, 9.17) is 9.26 Å². The average Bonchev–Trinajstić information content (AvgIpc) is 2.86. The number of hydrogen-bond donors (Lipinski definition) is 1. The molecule has 1 aromatic carbocycles. The van der Waals surface area contributed by atoms with Crippen LogP contribution in [0.1, 0.15) is 25.5 Å². The van der Waals surface area contributed by atoms with E-state index >= 15 is 0 Å². The van der Waals surface area contributed by atoms with Gasteiger partial charge >= 0.3 is 0 Å². The fourth-order valence-electron chi connectivity index (χ4n) is 1.64. The minimum absolute atomic E-state index is 0.0463. The molecular formula is C13H16N2O4S. The predicted molar refractivity (Wildman–Crippen MR) is 74.4 cm³/mol. The van der Waals surface area contributed by atoms with Gasteiger partial charge in [-0.1, -0.05) is 31.1 Å². The van der Waals surface area contributed by atoms with Crippen molar-refractivity contribution in [2.45, 2.75) is 24.7 Å². The summed E-state index contributed by atoms with van der Waals surface area (Å²) in [5.41, 5.74) is 0.683. The molecule has 2 aromatic rings. The summed E-state index contributed by atoms with van der Waals surface area (Å²) < 4.78 is 36.9. The zero-order valence-electron chi connectivity index (χ0n) is 11.5. The Morgan fingerprint density at radius 2 is 2.00 bits per heavy atom. The molecule has 0 aliphatic carbocycles. The van der Waals surface area contributed by atoms with E-state index in [0.717, 1.165) is 0 Å². The third-order valence-corrected chi connectivity index (χ3v) is 4.10. The van der Waals surface area contributed by atoms with Gasteiger partial charge in [0.1, 0.15) is 10.6 Å². The van der Waals surface area contributed by atoms with E-state index < -0.39 is 10.0 Å². The SMILES string of the molecule is COc1ccccc1S(=O)(=O)Nc1cc(C(C)C)no1. The van der Waals surface area contributed by atoms with Crippen molar-refractivity contribution >= 4 is 15.9 Å². The summed E-state index contributed by atoms with van der Waals surface area (Å²) in [6.07, 6.45) is 0. The fraction of sp³-hybridized carbons (Fsp3) is 0.308. The summed E-state index contributed by atoms with van der Waals surface area (Å²) in [4.78, 5) is 0.0463. The van der Waals surface area contributed by atoms with Gasteiger partial charge in [0.15, 0.2) is 0 Å². The van der Waals surface area contributed by atoms with Crippen LogP contribution in [0.4, 0.5) is 5.88 Å². The Morgan fingerprint density at radius 1 is 1.30 bits per heavy atom. The van der Waals surface area contributed by atoms with E-state index in [1.165, 1.54) is 13.2 Å². The van der Waals surface area contributed by atoms with Gasteiger partial charge in [-0.15, -0.1) is 0 Å². The lowest BCUT2D eigenvalue weighted by atomic mass is 10.1. The summed E-state index contributed by atoms with van der Waals surface area (Å²) in [5.74, 6) is 0.506. The lowest BCUT2D eigenvalue weighted by molar-refractivity contribution is 0.402. The highest BCUT2D eigenvalue weighted by atomic mass is 32.2. The first-order valence-corrected chi connectivity index (χ1v) is 7.55. The number of hydrogen-bond acceptors (Lipinski definition) is 5. The number of aromatic nitrogens is 1. The molecule has 7 heteroatoms. The van der Waals surface area contributed by atoms with E-state index in [0.29, 0.717) is 5.69 Å². The molecule has 0 aliphatic rings. The number of ether oxygens (including phenoxy) is 1.